The molecule has 0 saturated heterocycles. The number of esters is 1. The number of hydrogen-bond acceptors (Lipinski definition) is 5. The second kappa shape index (κ2) is 11.0. The van der Waals surface area contributed by atoms with Crippen molar-refractivity contribution in [2.24, 2.45) is 0 Å². The summed E-state index contributed by atoms with van der Waals surface area (Å²) in [7, 11) is 1.38. The summed E-state index contributed by atoms with van der Waals surface area (Å²) in [5.41, 5.74) is 2.90. The van der Waals surface area contributed by atoms with Crippen molar-refractivity contribution in [3.63, 3.8) is 0 Å². The highest BCUT2D eigenvalue weighted by molar-refractivity contribution is 5.73. The fraction of sp³-hybridized carbons (Fsp3) is 0.364. The summed E-state index contributed by atoms with van der Waals surface area (Å²) in [6.07, 6.45) is -0.292. The van der Waals surface area contributed by atoms with E-state index in [1.54, 1.807) is 0 Å². The lowest BCUT2D eigenvalue weighted by Gasteiger charge is -2.15. The molecule has 6 heteroatoms. The van der Waals surface area contributed by atoms with E-state index in [-0.39, 0.29) is 24.9 Å². The molecule has 0 bridgehead atoms. The molecule has 0 spiro atoms. The van der Waals surface area contributed by atoms with Crippen LogP contribution in [0.2, 0.25) is 0 Å². The van der Waals surface area contributed by atoms with Crippen molar-refractivity contribution >= 4 is 12.1 Å². The first-order valence-corrected chi connectivity index (χ1v) is 9.26. The van der Waals surface area contributed by atoms with E-state index in [0.29, 0.717) is 18.9 Å². The third-order valence-corrected chi connectivity index (χ3v) is 4.15. The zero-order chi connectivity index (χ0) is 20.4. The molecule has 0 radical (unpaired) electrons. The smallest absolute Gasteiger partial charge is 0.407 e. The maximum atomic E-state index is 11.7. The molecule has 1 N–H and O–H groups in total. The second-order valence-corrected chi connectivity index (χ2v) is 6.61. The van der Waals surface area contributed by atoms with Crippen molar-refractivity contribution in [2.75, 3.05) is 20.3 Å². The number of alkyl carbamates (subject to hydrolysis) is 1. The van der Waals surface area contributed by atoms with Crippen LogP contribution in [0.25, 0.3) is 0 Å². The number of amides is 1. The van der Waals surface area contributed by atoms with Crippen molar-refractivity contribution in [1.29, 1.82) is 0 Å². The molecule has 0 unspecified atom stereocenters. The summed E-state index contributed by atoms with van der Waals surface area (Å²) in [5, 5.41) is 2.65. The highest BCUT2D eigenvalue weighted by atomic mass is 16.5. The molecule has 0 aliphatic carbocycles. The number of rotatable bonds is 9. The van der Waals surface area contributed by atoms with Crippen LogP contribution in [0.3, 0.4) is 0 Å². The average Bonchev–Trinajstić information content (AvgIpc) is 2.70. The standard InChI is InChI=1S/C22H27NO5/c1-16(2)20-10-9-19(13-18(20)14-21(24)26-3)27-12-11-23-22(25)28-15-17-7-5-4-6-8-17/h4-10,13,16H,11-12,14-15H2,1-3H3,(H,23,25). The topological polar surface area (TPSA) is 73.9 Å². The van der Waals surface area contributed by atoms with Gasteiger partial charge in [-0.15, -0.1) is 0 Å². The summed E-state index contributed by atoms with van der Waals surface area (Å²) in [5.74, 6) is 0.638. The lowest BCUT2D eigenvalue weighted by molar-refractivity contribution is -0.139. The highest BCUT2D eigenvalue weighted by Crippen LogP contribution is 2.25. The summed E-state index contributed by atoms with van der Waals surface area (Å²) < 4.78 is 15.6. The Labute approximate surface area is 165 Å². The normalized spacial score (nSPS) is 10.4. The first-order valence-electron chi connectivity index (χ1n) is 9.26. The van der Waals surface area contributed by atoms with E-state index in [4.69, 9.17) is 14.2 Å². The quantitative estimate of drug-likeness (QED) is 0.525. The molecule has 0 fully saturated rings. The Balaban J connectivity index is 1.79. The molecule has 0 aromatic heterocycles. The van der Waals surface area contributed by atoms with Gasteiger partial charge in [0.2, 0.25) is 0 Å². The van der Waals surface area contributed by atoms with Crippen LogP contribution in [-0.2, 0) is 27.3 Å². The summed E-state index contributed by atoms with van der Waals surface area (Å²) >= 11 is 0. The van der Waals surface area contributed by atoms with Crippen LogP contribution in [0.1, 0.15) is 36.5 Å². The van der Waals surface area contributed by atoms with Crippen molar-refractivity contribution in [2.45, 2.75) is 32.8 Å². The largest absolute Gasteiger partial charge is 0.492 e. The molecule has 2 aromatic carbocycles. The van der Waals surface area contributed by atoms with Gasteiger partial charge in [0.25, 0.3) is 0 Å². The predicted octanol–water partition coefficient (Wildman–Crippen LogP) is 3.83. The molecule has 0 aliphatic heterocycles. The number of benzene rings is 2. The van der Waals surface area contributed by atoms with E-state index in [1.807, 2.05) is 48.5 Å². The van der Waals surface area contributed by atoms with Gasteiger partial charge in [0.05, 0.1) is 20.1 Å². The van der Waals surface area contributed by atoms with Crippen LogP contribution >= 0.6 is 0 Å². The number of methoxy groups -OCH3 is 1. The van der Waals surface area contributed by atoms with Crippen LogP contribution < -0.4 is 10.1 Å². The van der Waals surface area contributed by atoms with Crippen LogP contribution in [0.5, 0.6) is 5.75 Å². The number of nitrogens with one attached hydrogen (secondary N) is 1. The van der Waals surface area contributed by atoms with E-state index in [0.717, 1.165) is 16.7 Å². The van der Waals surface area contributed by atoms with Gasteiger partial charge in [0.15, 0.2) is 0 Å². The molecule has 6 nitrogen and oxygen atoms in total. The lowest BCUT2D eigenvalue weighted by Crippen LogP contribution is -2.28. The van der Waals surface area contributed by atoms with Gasteiger partial charge >= 0.3 is 12.1 Å². The maximum Gasteiger partial charge on any atom is 0.407 e. The third-order valence-electron chi connectivity index (χ3n) is 4.15. The number of carbonyl (C=O) groups is 2. The minimum absolute atomic E-state index is 0.200. The van der Waals surface area contributed by atoms with Gasteiger partial charge in [-0.3, -0.25) is 4.79 Å². The first-order chi connectivity index (χ1) is 13.5. The Bertz CT molecular complexity index is 774. The molecular formula is C22H27NO5. The van der Waals surface area contributed by atoms with E-state index in [9.17, 15) is 9.59 Å². The highest BCUT2D eigenvalue weighted by Gasteiger charge is 2.12. The van der Waals surface area contributed by atoms with Crippen molar-refractivity contribution in [1.82, 2.24) is 5.32 Å². The summed E-state index contributed by atoms with van der Waals surface area (Å²) in [6, 6.07) is 15.1. The van der Waals surface area contributed by atoms with Crippen molar-refractivity contribution in [3.05, 3.63) is 65.2 Å². The number of carbonyl (C=O) groups excluding carboxylic acids is 2. The molecule has 2 aromatic rings. The van der Waals surface area contributed by atoms with Gasteiger partial charge in [-0.25, -0.2) is 4.79 Å². The molecule has 0 heterocycles. The Kier molecular flexibility index (Phi) is 8.34. The lowest BCUT2D eigenvalue weighted by atomic mass is 9.95. The SMILES string of the molecule is COC(=O)Cc1cc(OCCNC(=O)OCc2ccccc2)ccc1C(C)C. The zero-order valence-electron chi connectivity index (χ0n) is 16.6. The summed E-state index contributed by atoms with van der Waals surface area (Å²) in [4.78, 5) is 23.4. The van der Waals surface area contributed by atoms with E-state index < -0.39 is 6.09 Å². The molecule has 2 rings (SSSR count). The molecule has 0 saturated carbocycles. The van der Waals surface area contributed by atoms with Gasteiger partial charge in [-0.05, 0) is 34.7 Å². The van der Waals surface area contributed by atoms with Gasteiger partial charge in [-0.1, -0.05) is 50.2 Å². The van der Waals surface area contributed by atoms with E-state index in [1.165, 1.54) is 7.11 Å². The molecule has 150 valence electrons. The van der Waals surface area contributed by atoms with E-state index in [2.05, 4.69) is 19.2 Å². The number of ether oxygens (including phenoxy) is 3. The number of hydrogen-bond donors (Lipinski definition) is 1. The van der Waals surface area contributed by atoms with Crippen LogP contribution in [0, 0.1) is 0 Å². The fourth-order valence-corrected chi connectivity index (χ4v) is 2.71. The van der Waals surface area contributed by atoms with Gasteiger partial charge < -0.3 is 19.5 Å². The minimum Gasteiger partial charge on any atom is -0.492 e. The zero-order valence-corrected chi connectivity index (χ0v) is 16.6. The second-order valence-electron chi connectivity index (χ2n) is 6.61. The Morgan fingerprint density at radius 1 is 1.07 bits per heavy atom. The van der Waals surface area contributed by atoms with Crippen LogP contribution in [-0.4, -0.2) is 32.3 Å². The fourth-order valence-electron chi connectivity index (χ4n) is 2.71. The Morgan fingerprint density at radius 2 is 1.82 bits per heavy atom. The Morgan fingerprint density at radius 3 is 2.50 bits per heavy atom. The molecule has 1 amide bonds. The van der Waals surface area contributed by atoms with Crippen molar-refractivity contribution < 1.29 is 23.8 Å². The monoisotopic (exact) mass is 385 g/mol. The third kappa shape index (κ3) is 6.95. The van der Waals surface area contributed by atoms with Crippen LogP contribution in [0.15, 0.2) is 48.5 Å². The van der Waals surface area contributed by atoms with Gasteiger partial charge in [0.1, 0.15) is 19.0 Å². The predicted molar refractivity (Wildman–Crippen MR) is 106 cm³/mol. The van der Waals surface area contributed by atoms with Crippen molar-refractivity contribution in [3.8, 4) is 5.75 Å². The molecule has 0 aliphatic rings. The maximum absolute atomic E-state index is 11.7. The van der Waals surface area contributed by atoms with Crippen LogP contribution in [0.4, 0.5) is 4.79 Å². The van der Waals surface area contributed by atoms with Gasteiger partial charge in [0, 0.05) is 0 Å². The molecule has 28 heavy (non-hydrogen) atoms. The average molecular weight is 385 g/mol. The minimum atomic E-state index is -0.492. The molecular weight excluding hydrogens is 358 g/mol. The molecule has 0 atom stereocenters. The van der Waals surface area contributed by atoms with E-state index >= 15 is 0 Å². The first kappa shape index (κ1) is 21.3. The summed E-state index contributed by atoms with van der Waals surface area (Å²) in [6.45, 7) is 4.97. The Hall–Kier alpha value is -3.02. The van der Waals surface area contributed by atoms with Gasteiger partial charge in [-0.2, -0.15) is 0 Å².